The molecule has 0 aromatic heterocycles. The van der Waals surface area contributed by atoms with Gasteiger partial charge in [-0.15, -0.1) is 0 Å². The van der Waals surface area contributed by atoms with Crippen molar-refractivity contribution in [2.45, 2.75) is 37.3 Å². The molecule has 0 saturated carbocycles. The smallest absolute Gasteiger partial charge is 0.0741 e. The van der Waals surface area contributed by atoms with Crippen molar-refractivity contribution in [2.24, 2.45) is 0 Å². The van der Waals surface area contributed by atoms with E-state index in [0.717, 1.165) is 45.5 Å². The molecule has 76 valence electrons. The molecule has 0 aromatic rings. The summed E-state index contributed by atoms with van der Waals surface area (Å²) in [4.78, 5) is 0. The van der Waals surface area contributed by atoms with E-state index in [2.05, 4.69) is 5.32 Å². The summed E-state index contributed by atoms with van der Waals surface area (Å²) in [5.74, 6) is 0. The highest BCUT2D eigenvalue weighted by Gasteiger charge is 2.38. The first kappa shape index (κ1) is 9.44. The highest BCUT2D eigenvalue weighted by Crippen LogP contribution is 2.33. The van der Waals surface area contributed by atoms with Crippen molar-refractivity contribution in [1.29, 1.82) is 0 Å². The Morgan fingerprint density at radius 3 is 2.69 bits per heavy atom. The van der Waals surface area contributed by atoms with Gasteiger partial charge >= 0.3 is 0 Å². The molecule has 0 radical (unpaired) electrons. The number of ether oxygens (including phenoxy) is 2. The van der Waals surface area contributed by atoms with Gasteiger partial charge in [0.1, 0.15) is 0 Å². The molecule has 0 bridgehead atoms. The molecule has 1 atom stereocenters. The average molecular weight is 185 g/mol. The summed E-state index contributed by atoms with van der Waals surface area (Å²) < 4.78 is 11.3. The number of nitrogens with one attached hydrogen (secondary N) is 1. The van der Waals surface area contributed by atoms with E-state index < -0.39 is 0 Å². The Hall–Kier alpha value is -0.120. The molecule has 3 nitrogen and oxygen atoms in total. The van der Waals surface area contributed by atoms with Crippen LogP contribution in [-0.4, -0.2) is 38.5 Å². The zero-order valence-electron chi connectivity index (χ0n) is 8.34. The Kier molecular flexibility index (Phi) is 2.86. The van der Waals surface area contributed by atoms with Crippen LogP contribution in [0.1, 0.15) is 25.7 Å². The quantitative estimate of drug-likeness (QED) is 0.659. The standard InChI is InChI=1S/C10H19NO2/c1-11-9-2-5-13-10(8-9)3-6-12-7-4-10/h9,11H,2-8H2,1H3. The van der Waals surface area contributed by atoms with Crippen molar-refractivity contribution < 1.29 is 9.47 Å². The van der Waals surface area contributed by atoms with E-state index in [0.29, 0.717) is 6.04 Å². The fourth-order valence-electron chi connectivity index (χ4n) is 2.37. The molecule has 1 N–H and O–H groups in total. The summed E-state index contributed by atoms with van der Waals surface area (Å²) in [5.41, 5.74) is 0.143. The van der Waals surface area contributed by atoms with Gasteiger partial charge in [-0.3, -0.25) is 0 Å². The number of hydrogen-bond acceptors (Lipinski definition) is 3. The maximum absolute atomic E-state index is 5.92. The van der Waals surface area contributed by atoms with Crippen molar-refractivity contribution >= 4 is 0 Å². The number of hydrogen-bond donors (Lipinski definition) is 1. The lowest BCUT2D eigenvalue weighted by atomic mass is 9.84. The summed E-state index contributed by atoms with van der Waals surface area (Å²) in [5, 5.41) is 3.35. The zero-order chi connectivity index (χ0) is 9.15. The minimum Gasteiger partial charge on any atom is -0.381 e. The molecule has 3 heteroatoms. The highest BCUT2D eigenvalue weighted by molar-refractivity contribution is 4.90. The van der Waals surface area contributed by atoms with Crippen molar-refractivity contribution in [3.05, 3.63) is 0 Å². The molecule has 2 rings (SSSR count). The van der Waals surface area contributed by atoms with Crippen LogP contribution < -0.4 is 5.32 Å². The Balaban J connectivity index is 1.95. The first-order valence-electron chi connectivity index (χ1n) is 5.24. The third-order valence-corrected chi connectivity index (χ3v) is 3.31. The van der Waals surface area contributed by atoms with Crippen molar-refractivity contribution in [3.8, 4) is 0 Å². The zero-order valence-corrected chi connectivity index (χ0v) is 8.34. The van der Waals surface area contributed by atoms with Crippen LogP contribution in [0.3, 0.4) is 0 Å². The number of rotatable bonds is 1. The fraction of sp³-hybridized carbons (Fsp3) is 1.00. The summed E-state index contributed by atoms with van der Waals surface area (Å²) in [6, 6.07) is 0.645. The van der Waals surface area contributed by atoms with Crippen LogP contribution in [-0.2, 0) is 9.47 Å². The van der Waals surface area contributed by atoms with Crippen LogP contribution >= 0.6 is 0 Å². The van der Waals surface area contributed by atoms with E-state index in [9.17, 15) is 0 Å². The second kappa shape index (κ2) is 3.95. The van der Waals surface area contributed by atoms with E-state index in [1.165, 1.54) is 0 Å². The highest BCUT2D eigenvalue weighted by atomic mass is 16.5. The monoisotopic (exact) mass is 185 g/mol. The van der Waals surface area contributed by atoms with Gasteiger partial charge in [0.05, 0.1) is 5.60 Å². The van der Waals surface area contributed by atoms with Crippen LogP contribution in [0.5, 0.6) is 0 Å². The molecular formula is C10H19NO2. The van der Waals surface area contributed by atoms with Gasteiger partial charge in [-0.2, -0.15) is 0 Å². The van der Waals surface area contributed by atoms with Crippen molar-refractivity contribution in [2.75, 3.05) is 26.9 Å². The Labute approximate surface area is 79.8 Å². The third kappa shape index (κ3) is 2.03. The predicted molar refractivity (Wildman–Crippen MR) is 50.8 cm³/mol. The second-order valence-corrected chi connectivity index (χ2v) is 4.12. The first-order chi connectivity index (χ1) is 6.35. The van der Waals surface area contributed by atoms with Gasteiger partial charge in [-0.05, 0) is 32.7 Å². The van der Waals surface area contributed by atoms with Gasteiger partial charge in [0.2, 0.25) is 0 Å². The summed E-state index contributed by atoms with van der Waals surface area (Å²) in [6.07, 6.45) is 4.46. The molecule has 2 fully saturated rings. The molecular weight excluding hydrogens is 166 g/mol. The van der Waals surface area contributed by atoms with Crippen LogP contribution in [0.25, 0.3) is 0 Å². The Morgan fingerprint density at radius 2 is 2.00 bits per heavy atom. The minimum absolute atomic E-state index is 0.143. The molecule has 0 amide bonds. The summed E-state index contributed by atoms with van der Waals surface area (Å²) in [7, 11) is 2.04. The van der Waals surface area contributed by atoms with Crippen molar-refractivity contribution in [3.63, 3.8) is 0 Å². The molecule has 2 aliphatic rings. The van der Waals surface area contributed by atoms with Crippen molar-refractivity contribution in [1.82, 2.24) is 5.32 Å². The lowest BCUT2D eigenvalue weighted by Gasteiger charge is -2.43. The van der Waals surface area contributed by atoms with Gasteiger partial charge in [0.25, 0.3) is 0 Å². The fourth-order valence-corrected chi connectivity index (χ4v) is 2.37. The lowest BCUT2D eigenvalue weighted by Crippen LogP contribution is -2.49. The SMILES string of the molecule is CNC1CCOC2(CCOCC2)C1. The Morgan fingerprint density at radius 1 is 1.23 bits per heavy atom. The van der Waals surface area contributed by atoms with Gasteiger partial charge in [0.15, 0.2) is 0 Å². The molecule has 2 saturated heterocycles. The van der Waals surface area contributed by atoms with E-state index in [1.54, 1.807) is 0 Å². The molecule has 1 unspecified atom stereocenters. The molecule has 13 heavy (non-hydrogen) atoms. The lowest BCUT2D eigenvalue weighted by molar-refractivity contribution is -0.139. The van der Waals surface area contributed by atoms with Gasteiger partial charge in [0, 0.05) is 25.9 Å². The maximum atomic E-state index is 5.92. The van der Waals surface area contributed by atoms with E-state index >= 15 is 0 Å². The van der Waals surface area contributed by atoms with Crippen LogP contribution in [0.4, 0.5) is 0 Å². The average Bonchev–Trinajstić information content (AvgIpc) is 2.19. The second-order valence-electron chi connectivity index (χ2n) is 4.12. The van der Waals surface area contributed by atoms with Crippen LogP contribution in [0.2, 0.25) is 0 Å². The molecule has 0 aromatic carbocycles. The van der Waals surface area contributed by atoms with Gasteiger partial charge < -0.3 is 14.8 Å². The Bertz CT molecular complexity index is 161. The van der Waals surface area contributed by atoms with Crippen LogP contribution in [0.15, 0.2) is 0 Å². The molecule has 0 aliphatic carbocycles. The normalized spacial score (nSPS) is 33.5. The van der Waals surface area contributed by atoms with Gasteiger partial charge in [-0.1, -0.05) is 0 Å². The van der Waals surface area contributed by atoms with Crippen LogP contribution in [0, 0.1) is 0 Å². The van der Waals surface area contributed by atoms with E-state index in [1.807, 2.05) is 7.05 Å². The van der Waals surface area contributed by atoms with E-state index in [4.69, 9.17) is 9.47 Å². The molecule has 2 aliphatic heterocycles. The largest absolute Gasteiger partial charge is 0.381 e. The molecule has 1 spiro atoms. The molecule has 2 heterocycles. The summed E-state index contributed by atoms with van der Waals surface area (Å²) in [6.45, 7) is 2.65. The van der Waals surface area contributed by atoms with Gasteiger partial charge in [-0.25, -0.2) is 0 Å². The predicted octanol–water partition coefficient (Wildman–Crippen LogP) is 0.934. The van der Waals surface area contributed by atoms with E-state index in [-0.39, 0.29) is 5.60 Å². The maximum Gasteiger partial charge on any atom is 0.0741 e. The minimum atomic E-state index is 0.143. The topological polar surface area (TPSA) is 30.5 Å². The first-order valence-corrected chi connectivity index (χ1v) is 5.24. The third-order valence-electron chi connectivity index (χ3n) is 3.31. The summed E-state index contributed by atoms with van der Waals surface area (Å²) >= 11 is 0.